The molecule has 7 aromatic carbocycles. The molecule has 5 aliphatic carbocycles. The highest BCUT2D eigenvalue weighted by Gasteiger charge is 2.60. The smallest absolute Gasteiger partial charge is 0.135 e. The highest BCUT2D eigenvalue weighted by molar-refractivity contribution is 6.06. The predicted octanol–water partition coefficient (Wildman–Crippen LogP) is 14.5. The highest BCUT2D eigenvalue weighted by atomic mass is 16.3. The van der Waals surface area contributed by atoms with Gasteiger partial charge in [-0.2, -0.15) is 0 Å². The molecule has 4 bridgehead atoms. The Bertz CT molecular complexity index is 2750. The van der Waals surface area contributed by atoms with Crippen molar-refractivity contribution in [3.05, 3.63) is 175 Å². The van der Waals surface area contributed by atoms with E-state index in [-0.39, 0.29) is 5.41 Å². The first kappa shape index (κ1) is 31.5. The van der Waals surface area contributed by atoms with Crippen molar-refractivity contribution >= 4 is 39.0 Å². The lowest BCUT2D eigenvalue weighted by Crippen LogP contribution is -2.48. The molecule has 8 aromatic rings. The zero-order valence-corrected chi connectivity index (χ0v) is 31.0. The van der Waals surface area contributed by atoms with Gasteiger partial charge >= 0.3 is 0 Å². The molecule has 1 aromatic heterocycles. The molecule has 4 saturated carbocycles. The Morgan fingerprint density at radius 3 is 2.05 bits per heavy atom. The van der Waals surface area contributed by atoms with E-state index < -0.39 is 0 Å². The summed E-state index contributed by atoms with van der Waals surface area (Å²) in [6.45, 7) is 0. The first-order valence-corrected chi connectivity index (χ1v) is 20.4. The summed E-state index contributed by atoms with van der Waals surface area (Å²) in [4.78, 5) is 2.57. The van der Waals surface area contributed by atoms with E-state index in [1.807, 2.05) is 6.07 Å². The second kappa shape index (κ2) is 12.1. The van der Waals surface area contributed by atoms with Gasteiger partial charge in [0.15, 0.2) is 0 Å². The average Bonchev–Trinajstić information content (AvgIpc) is 3.68. The molecule has 2 nitrogen and oxygen atoms in total. The minimum atomic E-state index is 0.0952. The van der Waals surface area contributed by atoms with E-state index >= 15 is 0 Å². The number of hydrogen-bond acceptors (Lipinski definition) is 2. The Morgan fingerprint density at radius 2 is 1.15 bits per heavy atom. The van der Waals surface area contributed by atoms with Crippen LogP contribution in [-0.4, -0.2) is 0 Å². The summed E-state index contributed by atoms with van der Waals surface area (Å²) >= 11 is 0. The molecule has 0 N–H and O–H groups in total. The van der Waals surface area contributed by atoms with Gasteiger partial charge in [0.2, 0.25) is 0 Å². The zero-order chi connectivity index (χ0) is 36.1. The number of fused-ring (bicyclic) bond motifs is 7. The van der Waals surface area contributed by atoms with Crippen LogP contribution in [-0.2, 0) is 5.41 Å². The van der Waals surface area contributed by atoms with Gasteiger partial charge in [-0.1, -0.05) is 128 Å². The molecule has 0 aliphatic heterocycles. The van der Waals surface area contributed by atoms with Gasteiger partial charge in [0, 0.05) is 33.0 Å². The molecule has 5 aliphatic rings. The largest absolute Gasteiger partial charge is 0.456 e. The third kappa shape index (κ3) is 4.61. The van der Waals surface area contributed by atoms with E-state index in [1.165, 1.54) is 83.3 Å². The molecule has 0 saturated heterocycles. The molecule has 1 heterocycles. The van der Waals surface area contributed by atoms with E-state index in [1.54, 1.807) is 11.1 Å². The van der Waals surface area contributed by atoms with E-state index in [0.717, 1.165) is 39.5 Å². The van der Waals surface area contributed by atoms with E-state index in [9.17, 15) is 0 Å². The van der Waals surface area contributed by atoms with Crippen molar-refractivity contribution in [3.63, 3.8) is 0 Å². The van der Waals surface area contributed by atoms with Crippen molar-refractivity contribution in [1.29, 1.82) is 0 Å². The summed E-state index contributed by atoms with van der Waals surface area (Å²) in [7, 11) is 0. The predicted molar refractivity (Wildman–Crippen MR) is 227 cm³/mol. The molecule has 0 radical (unpaired) electrons. The monoisotopic (exact) mass is 709 g/mol. The van der Waals surface area contributed by atoms with E-state index in [4.69, 9.17) is 4.42 Å². The van der Waals surface area contributed by atoms with Crippen LogP contribution in [0.3, 0.4) is 0 Å². The van der Waals surface area contributed by atoms with Gasteiger partial charge in [0.25, 0.3) is 0 Å². The number of anilines is 3. The molecular weight excluding hydrogens is 667 g/mol. The number of benzene rings is 7. The molecule has 0 amide bonds. The Kier molecular flexibility index (Phi) is 6.91. The summed E-state index contributed by atoms with van der Waals surface area (Å²) in [6.07, 6.45) is 8.37. The summed E-state index contributed by atoms with van der Waals surface area (Å²) in [5, 5.41) is 2.31. The summed E-state index contributed by atoms with van der Waals surface area (Å²) in [6, 6.07) is 60.9. The van der Waals surface area contributed by atoms with Crippen molar-refractivity contribution in [2.24, 2.45) is 23.7 Å². The van der Waals surface area contributed by atoms with Gasteiger partial charge in [-0.3, -0.25) is 0 Å². The van der Waals surface area contributed by atoms with E-state index in [0.29, 0.717) is 11.8 Å². The quantitative estimate of drug-likeness (QED) is 0.177. The molecular formula is C53H43NO. The van der Waals surface area contributed by atoms with Crippen LogP contribution in [0.15, 0.2) is 168 Å². The van der Waals surface area contributed by atoms with Gasteiger partial charge in [0.05, 0.1) is 11.4 Å². The Labute approximate surface area is 323 Å². The van der Waals surface area contributed by atoms with Crippen molar-refractivity contribution in [1.82, 2.24) is 0 Å². The highest BCUT2D eigenvalue weighted by Crippen LogP contribution is 2.69. The molecule has 266 valence electrons. The van der Waals surface area contributed by atoms with Crippen molar-refractivity contribution in [2.75, 3.05) is 4.90 Å². The second-order valence-electron chi connectivity index (χ2n) is 16.8. The van der Waals surface area contributed by atoms with Gasteiger partial charge in [0.1, 0.15) is 11.2 Å². The molecule has 2 heteroatoms. The lowest BCUT2D eigenvalue weighted by molar-refractivity contribution is 0.0618. The Morgan fingerprint density at radius 1 is 0.455 bits per heavy atom. The minimum absolute atomic E-state index is 0.0952. The second-order valence-corrected chi connectivity index (χ2v) is 16.8. The molecule has 1 spiro atoms. The topological polar surface area (TPSA) is 16.4 Å². The zero-order valence-electron chi connectivity index (χ0n) is 31.0. The van der Waals surface area contributed by atoms with Crippen molar-refractivity contribution in [3.8, 4) is 33.4 Å². The van der Waals surface area contributed by atoms with Gasteiger partial charge in [-0.15, -0.1) is 0 Å². The summed E-state index contributed by atoms with van der Waals surface area (Å²) in [5.41, 5.74) is 16.5. The van der Waals surface area contributed by atoms with Crippen molar-refractivity contribution < 1.29 is 4.42 Å². The number of rotatable bonds is 5. The number of furan rings is 1. The fourth-order valence-corrected chi connectivity index (χ4v) is 12.2. The molecule has 5 unspecified atom stereocenters. The normalized spacial score (nSPS) is 23.3. The Balaban J connectivity index is 1.06. The third-order valence-electron chi connectivity index (χ3n) is 14.2. The van der Waals surface area contributed by atoms with Crippen LogP contribution in [0.5, 0.6) is 0 Å². The molecule has 13 rings (SSSR count). The van der Waals surface area contributed by atoms with Crippen LogP contribution < -0.4 is 4.90 Å². The fourth-order valence-electron chi connectivity index (χ4n) is 12.2. The number of hydrogen-bond donors (Lipinski definition) is 0. The summed E-state index contributed by atoms with van der Waals surface area (Å²) < 4.78 is 6.17. The first-order chi connectivity index (χ1) is 27.2. The van der Waals surface area contributed by atoms with Gasteiger partial charge in [-0.25, -0.2) is 0 Å². The lowest BCUT2D eigenvalue weighted by atomic mass is 9.51. The average molecular weight is 710 g/mol. The van der Waals surface area contributed by atoms with Crippen molar-refractivity contribution in [2.45, 2.75) is 43.9 Å². The third-order valence-corrected chi connectivity index (χ3v) is 14.2. The Hall–Kier alpha value is -5.86. The van der Waals surface area contributed by atoms with Crippen LogP contribution in [0.25, 0.3) is 55.3 Å². The fraction of sp³-hybridized carbons (Fsp3) is 0.208. The SMILES string of the molecule is c1ccc(-c2ccccc2N(c2ccc(-c3ccc4oc5ccccc5c4c3)cc2)c2cccc3c2-c2ccccc2C32C3CCC4CC(C3)CC2C4)cc1. The van der Waals surface area contributed by atoms with Crippen LogP contribution in [0.4, 0.5) is 17.1 Å². The lowest BCUT2D eigenvalue weighted by Gasteiger charge is -2.53. The van der Waals surface area contributed by atoms with Crippen LogP contribution in [0, 0.1) is 23.7 Å². The summed E-state index contributed by atoms with van der Waals surface area (Å²) in [5.74, 6) is 3.22. The number of para-hydroxylation sites is 2. The standard InChI is InChI=1S/C53H43NO/c1-2-11-37(12-3-1)42-13-5-8-18-48(42)54(41-26-22-36(23-27-41)38-24-28-51-45(33-38)43-14-6-9-20-50(43)55-51)49-19-10-17-47-52(49)44-15-4-7-16-46(44)53(47)39-25-21-34-29-35(31-39)32-40(53)30-34/h1-20,22-24,26-28,33-35,39-40H,21,25,29-32H2. The molecule has 5 atom stereocenters. The number of nitrogens with zero attached hydrogens (tertiary/aromatic N) is 1. The molecule has 55 heavy (non-hydrogen) atoms. The maximum Gasteiger partial charge on any atom is 0.135 e. The van der Waals surface area contributed by atoms with E-state index in [2.05, 4.69) is 163 Å². The van der Waals surface area contributed by atoms with Gasteiger partial charge < -0.3 is 9.32 Å². The van der Waals surface area contributed by atoms with Crippen LogP contribution in [0.2, 0.25) is 0 Å². The first-order valence-electron chi connectivity index (χ1n) is 20.4. The molecule has 4 fully saturated rings. The van der Waals surface area contributed by atoms with Crippen LogP contribution in [0.1, 0.15) is 49.7 Å². The van der Waals surface area contributed by atoms with Gasteiger partial charge in [-0.05, 0) is 132 Å². The minimum Gasteiger partial charge on any atom is -0.456 e. The maximum atomic E-state index is 6.17. The maximum absolute atomic E-state index is 6.17. The van der Waals surface area contributed by atoms with Crippen LogP contribution >= 0.6 is 0 Å².